The molecule has 2 nitrogen and oxygen atoms in total. The molecule has 0 heterocycles. The molecule has 0 aliphatic rings. The lowest BCUT2D eigenvalue weighted by Gasteiger charge is -2.17. The Hall–Kier alpha value is -1.43. The van der Waals surface area contributed by atoms with Crippen molar-refractivity contribution in [1.29, 1.82) is 0 Å². The first-order valence-corrected chi connectivity index (χ1v) is 6.45. The highest BCUT2D eigenvalue weighted by Gasteiger charge is 2.13. The molecule has 2 aromatic carbocycles. The van der Waals surface area contributed by atoms with Crippen molar-refractivity contribution in [2.24, 2.45) is 0 Å². The number of hydrogen-bond donors (Lipinski definition) is 0. The van der Waals surface area contributed by atoms with Crippen molar-refractivity contribution in [2.45, 2.75) is 0 Å². The van der Waals surface area contributed by atoms with Crippen LogP contribution >= 0.6 is 22.6 Å². The zero-order chi connectivity index (χ0) is 13.1. The molecule has 0 aliphatic carbocycles. The number of benzene rings is 2. The van der Waals surface area contributed by atoms with Crippen LogP contribution in [-0.4, -0.2) is 13.0 Å². The Labute approximate surface area is 119 Å². The van der Waals surface area contributed by atoms with Gasteiger partial charge in [-0.15, -0.1) is 0 Å². The Morgan fingerprint density at radius 3 is 2.44 bits per heavy atom. The number of amides is 1. The van der Waals surface area contributed by atoms with Crippen molar-refractivity contribution in [1.82, 2.24) is 0 Å². The fraction of sp³-hybridized carbons (Fsp3) is 0.0714. The van der Waals surface area contributed by atoms with Gasteiger partial charge in [0.05, 0.1) is 0 Å². The Kier molecular flexibility index (Phi) is 3.96. The van der Waals surface area contributed by atoms with Crippen LogP contribution in [0.5, 0.6) is 0 Å². The molecular weight excluding hydrogens is 344 g/mol. The molecule has 0 saturated heterocycles. The third kappa shape index (κ3) is 2.87. The minimum Gasteiger partial charge on any atom is -0.311 e. The topological polar surface area (TPSA) is 20.3 Å². The van der Waals surface area contributed by atoms with Gasteiger partial charge in [0.2, 0.25) is 0 Å². The summed E-state index contributed by atoms with van der Waals surface area (Å²) < 4.78 is 14.2. The number of halogens is 2. The summed E-state index contributed by atoms with van der Waals surface area (Å²) in [5, 5.41) is 0. The van der Waals surface area contributed by atoms with Crippen LogP contribution in [0.2, 0.25) is 0 Å². The maximum absolute atomic E-state index is 13.1. The minimum absolute atomic E-state index is 0.156. The Balaban J connectivity index is 2.26. The summed E-state index contributed by atoms with van der Waals surface area (Å²) in [6.45, 7) is 0. The molecule has 0 radical (unpaired) electrons. The zero-order valence-electron chi connectivity index (χ0n) is 9.73. The second-order valence-electron chi connectivity index (χ2n) is 3.85. The summed E-state index contributed by atoms with van der Waals surface area (Å²) in [6, 6.07) is 13.2. The lowest BCUT2D eigenvalue weighted by atomic mass is 10.2. The highest BCUT2D eigenvalue weighted by atomic mass is 127. The average Bonchev–Trinajstić information content (AvgIpc) is 2.38. The summed E-state index contributed by atoms with van der Waals surface area (Å²) in [7, 11) is 1.63. The lowest BCUT2D eigenvalue weighted by Crippen LogP contribution is -2.26. The molecule has 1 amide bonds. The normalized spacial score (nSPS) is 10.2. The van der Waals surface area contributed by atoms with Crippen LogP contribution in [0.4, 0.5) is 10.1 Å². The molecule has 0 aliphatic heterocycles. The molecule has 2 aromatic rings. The van der Waals surface area contributed by atoms with Crippen LogP contribution in [0.15, 0.2) is 48.5 Å². The first kappa shape index (κ1) is 13.0. The van der Waals surface area contributed by atoms with E-state index in [-0.39, 0.29) is 11.7 Å². The fourth-order valence-electron chi connectivity index (χ4n) is 1.59. The van der Waals surface area contributed by atoms with Crippen molar-refractivity contribution in [3.05, 3.63) is 63.5 Å². The molecule has 0 fully saturated rings. The van der Waals surface area contributed by atoms with Gasteiger partial charge in [0.15, 0.2) is 0 Å². The third-order valence-corrected chi connectivity index (χ3v) is 3.31. The molecule has 0 saturated carbocycles. The largest absolute Gasteiger partial charge is 0.311 e. The standard InChI is InChI=1S/C14H11FINO/c1-17(13-4-2-3-11(15)9-13)14(18)10-5-7-12(16)8-6-10/h2-9H,1H3. The van der Waals surface area contributed by atoms with E-state index in [0.29, 0.717) is 11.3 Å². The van der Waals surface area contributed by atoms with Crippen LogP contribution in [0.3, 0.4) is 0 Å². The maximum Gasteiger partial charge on any atom is 0.258 e. The van der Waals surface area contributed by atoms with Gasteiger partial charge in [-0.3, -0.25) is 4.79 Å². The van der Waals surface area contributed by atoms with E-state index in [1.165, 1.54) is 17.0 Å². The van der Waals surface area contributed by atoms with Crippen molar-refractivity contribution in [2.75, 3.05) is 11.9 Å². The highest BCUT2D eigenvalue weighted by molar-refractivity contribution is 14.1. The third-order valence-electron chi connectivity index (χ3n) is 2.59. The summed E-state index contributed by atoms with van der Waals surface area (Å²) in [6.07, 6.45) is 0. The number of rotatable bonds is 2. The number of carbonyl (C=O) groups is 1. The first-order valence-electron chi connectivity index (χ1n) is 5.37. The molecule has 0 spiro atoms. The van der Waals surface area contributed by atoms with Gasteiger partial charge in [0.25, 0.3) is 5.91 Å². The van der Waals surface area contributed by atoms with Crippen molar-refractivity contribution in [3.8, 4) is 0 Å². The van der Waals surface area contributed by atoms with E-state index < -0.39 is 0 Å². The van der Waals surface area contributed by atoms with Crippen LogP contribution in [0, 0.1) is 9.39 Å². The van der Waals surface area contributed by atoms with Crippen LogP contribution in [0.25, 0.3) is 0 Å². The molecule has 0 N–H and O–H groups in total. The number of nitrogens with zero attached hydrogens (tertiary/aromatic N) is 1. The Morgan fingerprint density at radius 1 is 1.17 bits per heavy atom. The minimum atomic E-state index is -0.352. The number of carbonyl (C=O) groups excluding carboxylic acids is 1. The summed E-state index contributed by atoms with van der Waals surface area (Å²) in [5.74, 6) is -0.508. The SMILES string of the molecule is CN(C(=O)c1ccc(I)cc1)c1cccc(F)c1. The maximum atomic E-state index is 13.1. The van der Waals surface area contributed by atoms with Crippen molar-refractivity contribution < 1.29 is 9.18 Å². The summed E-state index contributed by atoms with van der Waals surface area (Å²) in [5.41, 5.74) is 1.13. The van der Waals surface area contributed by atoms with Gasteiger partial charge in [-0.1, -0.05) is 6.07 Å². The molecule has 0 unspecified atom stereocenters. The van der Waals surface area contributed by atoms with E-state index >= 15 is 0 Å². The molecule has 0 bridgehead atoms. The van der Waals surface area contributed by atoms with E-state index in [1.54, 1.807) is 31.3 Å². The quantitative estimate of drug-likeness (QED) is 0.753. The van der Waals surface area contributed by atoms with Gasteiger partial charge in [0.1, 0.15) is 5.82 Å². The van der Waals surface area contributed by atoms with Gasteiger partial charge >= 0.3 is 0 Å². The van der Waals surface area contributed by atoms with E-state index in [1.807, 2.05) is 12.1 Å². The number of anilines is 1. The second-order valence-corrected chi connectivity index (χ2v) is 5.10. The van der Waals surface area contributed by atoms with Gasteiger partial charge < -0.3 is 4.90 Å². The van der Waals surface area contributed by atoms with Crippen LogP contribution < -0.4 is 4.90 Å². The van der Waals surface area contributed by atoms with E-state index in [4.69, 9.17) is 0 Å². The van der Waals surface area contributed by atoms with Crippen molar-refractivity contribution >= 4 is 34.2 Å². The Bertz CT molecular complexity index is 568. The molecule has 18 heavy (non-hydrogen) atoms. The van der Waals surface area contributed by atoms with Gasteiger partial charge in [-0.2, -0.15) is 0 Å². The van der Waals surface area contributed by atoms with Crippen LogP contribution in [0.1, 0.15) is 10.4 Å². The summed E-state index contributed by atoms with van der Waals surface area (Å²) in [4.78, 5) is 13.6. The first-order chi connectivity index (χ1) is 8.58. The average molecular weight is 355 g/mol. The van der Waals surface area contributed by atoms with Gasteiger partial charge in [0, 0.05) is 21.9 Å². The molecule has 0 atom stereocenters. The predicted octanol–water partition coefficient (Wildman–Crippen LogP) is 3.71. The summed E-state index contributed by atoms with van der Waals surface area (Å²) >= 11 is 2.18. The van der Waals surface area contributed by atoms with Crippen LogP contribution in [-0.2, 0) is 0 Å². The second kappa shape index (κ2) is 5.48. The fourth-order valence-corrected chi connectivity index (χ4v) is 1.95. The molecule has 0 aromatic heterocycles. The predicted molar refractivity (Wildman–Crippen MR) is 78.3 cm³/mol. The molecule has 92 valence electrons. The van der Waals surface area contributed by atoms with Crippen molar-refractivity contribution in [3.63, 3.8) is 0 Å². The number of hydrogen-bond acceptors (Lipinski definition) is 1. The molecule has 4 heteroatoms. The molecular formula is C14H11FINO. The van der Waals surface area contributed by atoms with E-state index in [0.717, 1.165) is 3.57 Å². The monoisotopic (exact) mass is 355 g/mol. The Morgan fingerprint density at radius 2 is 1.83 bits per heavy atom. The lowest BCUT2D eigenvalue weighted by molar-refractivity contribution is 0.0993. The van der Waals surface area contributed by atoms with E-state index in [9.17, 15) is 9.18 Å². The zero-order valence-corrected chi connectivity index (χ0v) is 11.9. The molecule has 2 rings (SSSR count). The van der Waals surface area contributed by atoms with E-state index in [2.05, 4.69) is 22.6 Å². The highest BCUT2D eigenvalue weighted by Crippen LogP contribution is 2.17. The van der Waals surface area contributed by atoms with Gasteiger partial charge in [-0.25, -0.2) is 4.39 Å². The smallest absolute Gasteiger partial charge is 0.258 e. The van der Waals surface area contributed by atoms with Gasteiger partial charge in [-0.05, 0) is 65.1 Å².